The molecular weight excluding hydrogens is 324 g/mol. The Morgan fingerprint density at radius 3 is 2.54 bits per heavy atom. The number of hydrogen-bond acceptors (Lipinski definition) is 3. The summed E-state index contributed by atoms with van der Waals surface area (Å²) in [6.45, 7) is 5.06. The van der Waals surface area contributed by atoms with E-state index in [9.17, 15) is 13.2 Å². The summed E-state index contributed by atoms with van der Waals surface area (Å²) in [5, 5.41) is 3.15. The van der Waals surface area contributed by atoms with Gasteiger partial charge in [0.15, 0.2) is 0 Å². The van der Waals surface area contributed by atoms with Gasteiger partial charge in [-0.3, -0.25) is 4.79 Å². The van der Waals surface area contributed by atoms with Crippen LogP contribution in [0.4, 0.5) is 0 Å². The molecule has 1 aromatic rings. The summed E-state index contributed by atoms with van der Waals surface area (Å²) >= 11 is 0. The van der Waals surface area contributed by atoms with Gasteiger partial charge < -0.3 is 5.32 Å². The molecule has 0 radical (unpaired) electrons. The maximum absolute atomic E-state index is 12.7. The monoisotopic (exact) mass is 352 g/mol. The smallest absolute Gasteiger partial charge is 0.224 e. The number of piperidine rings is 1. The van der Waals surface area contributed by atoms with Crippen LogP contribution in [0.15, 0.2) is 30.3 Å². The van der Waals surface area contributed by atoms with Crippen molar-refractivity contribution in [3.63, 3.8) is 0 Å². The van der Waals surface area contributed by atoms with Gasteiger partial charge in [0.1, 0.15) is 0 Å². The molecule has 2 atom stereocenters. The predicted molar refractivity (Wildman–Crippen MR) is 95.9 cm³/mol. The Kier molecular flexibility index (Phi) is 6.40. The fraction of sp³-hybridized carbons (Fsp3) is 0.611. The predicted octanol–water partition coefficient (Wildman–Crippen LogP) is 2.56. The minimum Gasteiger partial charge on any atom is -0.349 e. The number of amides is 1. The Hall–Kier alpha value is -1.40. The summed E-state index contributed by atoms with van der Waals surface area (Å²) < 4.78 is 24.9. The minimum absolute atomic E-state index is 0.0349. The summed E-state index contributed by atoms with van der Waals surface area (Å²) in [4.78, 5) is 12.7. The number of sulfonamides is 1. The van der Waals surface area contributed by atoms with E-state index in [1.807, 2.05) is 30.3 Å². The molecule has 0 bridgehead atoms. The molecule has 1 N–H and O–H groups in total. The molecule has 0 spiro atoms. The molecule has 1 amide bonds. The third kappa shape index (κ3) is 5.31. The SMILES string of the molecule is CC(C)CC(NC(=O)C1CCCN(S(C)(=O)=O)C1)c1ccccc1. The highest BCUT2D eigenvalue weighted by molar-refractivity contribution is 7.88. The van der Waals surface area contributed by atoms with Crippen LogP contribution in [-0.4, -0.2) is 38.0 Å². The standard InChI is InChI=1S/C18H28N2O3S/c1-14(2)12-17(15-8-5-4-6-9-15)19-18(21)16-10-7-11-20(13-16)24(3,22)23/h4-6,8-9,14,16-17H,7,10-13H2,1-3H3,(H,19,21). The first kappa shape index (κ1) is 18.9. The van der Waals surface area contributed by atoms with Gasteiger partial charge >= 0.3 is 0 Å². The number of hydrogen-bond donors (Lipinski definition) is 1. The second-order valence-corrected chi connectivity index (χ2v) is 9.04. The number of nitrogens with zero attached hydrogens (tertiary/aromatic N) is 1. The largest absolute Gasteiger partial charge is 0.349 e. The molecule has 0 aromatic heterocycles. The minimum atomic E-state index is -3.24. The van der Waals surface area contributed by atoms with E-state index < -0.39 is 10.0 Å². The second-order valence-electron chi connectivity index (χ2n) is 7.06. The van der Waals surface area contributed by atoms with Gasteiger partial charge in [0.2, 0.25) is 15.9 Å². The highest BCUT2D eigenvalue weighted by atomic mass is 32.2. The molecule has 24 heavy (non-hydrogen) atoms. The lowest BCUT2D eigenvalue weighted by atomic mass is 9.94. The molecule has 6 heteroatoms. The van der Waals surface area contributed by atoms with Crippen molar-refractivity contribution in [1.29, 1.82) is 0 Å². The van der Waals surface area contributed by atoms with E-state index in [-0.39, 0.29) is 24.4 Å². The fourth-order valence-electron chi connectivity index (χ4n) is 3.18. The molecule has 1 heterocycles. The number of rotatable bonds is 6. The molecule has 5 nitrogen and oxygen atoms in total. The summed E-state index contributed by atoms with van der Waals surface area (Å²) in [6, 6.07) is 9.92. The average molecular weight is 353 g/mol. The first-order valence-electron chi connectivity index (χ1n) is 8.58. The van der Waals surface area contributed by atoms with Crippen molar-refractivity contribution in [2.75, 3.05) is 19.3 Å². The van der Waals surface area contributed by atoms with Crippen molar-refractivity contribution in [1.82, 2.24) is 9.62 Å². The van der Waals surface area contributed by atoms with Crippen LogP contribution in [0.3, 0.4) is 0 Å². The first-order chi connectivity index (χ1) is 11.3. The Morgan fingerprint density at radius 2 is 1.96 bits per heavy atom. The van der Waals surface area contributed by atoms with Crippen LogP contribution in [0, 0.1) is 11.8 Å². The van der Waals surface area contributed by atoms with E-state index in [2.05, 4.69) is 19.2 Å². The highest BCUT2D eigenvalue weighted by Crippen LogP contribution is 2.24. The number of nitrogens with one attached hydrogen (secondary N) is 1. The van der Waals surface area contributed by atoms with Gasteiger partial charge in [0.05, 0.1) is 18.2 Å². The van der Waals surface area contributed by atoms with Crippen molar-refractivity contribution in [3.8, 4) is 0 Å². The first-order valence-corrected chi connectivity index (χ1v) is 10.4. The zero-order chi connectivity index (χ0) is 17.7. The van der Waals surface area contributed by atoms with E-state index in [0.29, 0.717) is 12.5 Å². The third-order valence-electron chi connectivity index (χ3n) is 4.45. The summed E-state index contributed by atoms with van der Waals surface area (Å²) in [5.74, 6) is 0.138. The zero-order valence-electron chi connectivity index (χ0n) is 14.7. The molecule has 1 aliphatic rings. The quantitative estimate of drug-likeness (QED) is 0.856. The fourth-order valence-corrected chi connectivity index (χ4v) is 4.09. The lowest BCUT2D eigenvalue weighted by Crippen LogP contribution is -2.45. The molecule has 0 aliphatic carbocycles. The van der Waals surface area contributed by atoms with Crippen LogP contribution in [0.25, 0.3) is 0 Å². The molecule has 1 saturated heterocycles. The van der Waals surface area contributed by atoms with Gasteiger partial charge in [-0.15, -0.1) is 0 Å². The van der Waals surface area contributed by atoms with Gasteiger partial charge in [-0.2, -0.15) is 0 Å². The zero-order valence-corrected chi connectivity index (χ0v) is 15.6. The van der Waals surface area contributed by atoms with Crippen LogP contribution in [0.1, 0.15) is 44.7 Å². The van der Waals surface area contributed by atoms with Crippen molar-refractivity contribution < 1.29 is 13.2 Å². The molecule has 1 fully saturated rings. The van der Waals surface area contributed by atoms with Crippen LogP contribution >= 0.6 is 0 Å². The summed E-state index contributed by atoms with van der Waals surface area (Å²) in [5.41, 5.74) is 1.09. The van der Waals surface area contributed by atoms with E-state index >= 15 is 0 Å². The summed E-state index contributed by atoms with van der Waals surface area (Å²) in [6.07, 6.45) is 3.53. The molecule has 0 saturated carbocycles. The van der Waals surface area contributed by atoms with Gasteiger partial charge in [0, 0.05) is 13.1 Å². The van der Waals surface area contributed by atoms with Crippen molar-refractivity contribution in [2.45, 2.75) is 39.2 Å². The molecule has 134 valence electrons. The Morgan fingerprint density at radius 1 is 1.29 bits per heavy atom. The molecular formula is C18H28N2O3S. The normalized spacial score (nSPS) is 20.8. The van der Waals surface area contributed by atoms with Crippen molar-refractivity contribution >= 4 is 15.9 Å². The number of carbonyl (C=O) groups excluding carboxylic acids is 1. The number of carbonyl (C=O) groups is 1. The van der Waals surface area contributed by atoms with Crippen LogP contribution in [0.5, 0.6) is 0 Å². The lowest BCUT2D eigenvalue weighted by molar-refractivity contribution is -0.127. The topological polar surface area (TPSA) is 66.5 Å². The Bertz CT molecular complexity index is 643. The average Bonchev–Trinajstić information content (AvgIpc) is 2.54. The van der Waals surface area contributed by atoms with Crippen molar-refractivity contribution in [2.24, 2.45) is 11.8 Å². The lowest BCUT2D eigenvalue weighted by Gasteiger charge is -2.31. The maximum atomic E-state index is 12.7. The van der Waals surface area contributed by atoms with Gasteiger partial charge in [-0.05, 0) is 30.7 Å². The van der Waals surface area contributed by atoms with E-state index in [4.69, 9.17) is 0 Å². The van der Waals surface area contributed by atoms with Crippen LogP contribution in [0.2, 0.25) is 0 Å². The van der Waals surface area contributed by atoms with Crippen LogP contribution in [-0.2, 0) is 14.8 Å². The third-order valence-corrected chi connectivity index (χ3v) is 5.72. The summed E-state index contributed by atoms with van der Waals surface area (Å²) in [7, 11) is -3.24. The highest BCUT2D eigenvalue weighted by Gasteiger charge is 2.31. The molecule has 1 aromatic carbocycles. The maximum Gasteiger partial charge on any atom is 0.224 e. The number of benzene rings is 1. The van der Waals surface area contributed by atoms with Crippen LogP contribution < -0.4 is 5.32 Å². The van der Waals surface area contributed by atoms with Gasteiger partial charge in [0.25, 0.3) is 0 Å². The Balaban J connectivity index is 2.07. The van der Waals surface area contributed by atoms with Gasteiger partial charge in [-0.1, -0.05) is 44.2 Å². The second kappa shape index (κ2) is 8.12. The van der Waals surface area contributed by atoms with E-state index in [1.165, 1.54) is 10.6 Å². The van der Waals surface area contributed by atoms with Crippen molar-refractivity contribution in [3.05, 3.63) is 35.9 Å². The Labute approximate surface area is 145 Å². The van der Waals surface area contributed by atoms with Gasteiger partial charge in [-0.25, -0.2) is 12.7 Å². The molecule has 1 aliphatic heterocycles. The van der Waals surface area contributed by atoms with E-state index in [0.717, 1.165) is 24.8 Å². The van der Waals surface area contributed by atoms with E-state index in [1.54, 1.807) is 0 Å². The molecule has 2 unspecified atom stereocenters. The molecule has 2 rings (SSSR count).